The largest absolute Gasteiger partial charge is 0.465 e. The number of carbonyl (C=O) groups excluding carboxylic acids is 1. The van der Waals surface area contributed by atoms with Gasteiger partial charge in [-0.2, -0.15) is 0 Å². The van der Waals surface area contributed by atoms with Crippen LogP contribution in [0.5, 0.6) is 0 Å². The number of carbonyl (C=O) groups is 2. The smallest absolute Gasteiger partial charge is 0.407 e. The Morgan fingerprint density at radius 2 is 2.08 bits per heavy atom. The molecule has 0 bridgehead atoms. The molecule has 204 valence electrons. The van der Waals surface area contributed by atoms with E-state index in [0.717, 1.165) is 6.42 Å². The SMILES string of the molecule is COCCCNc1nc(C(C)(C)C)ncc1C(=O)N(CC(C)C)[C@H]1C[C@@H](c2nnc[nH]2)CN(C(=O)O)C1. The third kappa shape index (κ3) is 7.37. The number of hydrogen-bond acceptors (Lipinski definition) is 8. The highest BCUT2D eigenvalue weighted by Gasteiger charge is 2.38. The Bertz CT molecular complexity index is 1040. The standard InChI is InChI=1S/C25H40N8O4/c1-16(2)12-33(18-10-17(20-28-15-29-31-20)13-32(14-18)24(35)36)22(34)19-11-27-23(25(3,4)5)30-21(19)26-8-7-9-37-6/h11,15-18H,7-10,12-14H2,1-6H3,(H,35,36)(H,26,27,30)(H,28,29,31)/t17-,18+/m1/s1. The molecule has 3 heterocycles. The minimum atomic E-state index is -1.02. The second-order valence-electron chi connectivity index (χ2n) is 11.0. The molecule has 2 amide bonds. The molecule has 12 nitrogen and oxygen atoms in total. The van der Waals surface area contributed by atoms with Crippen molar-refractivity contribution in [3.05, 3.63) is 29.7 Å². The quantitative estimate of drug-likeness (QED) is 0.405. The molecule has 0 unspecified atom stereocenters. The van der Waals surface area contributed by atoms with E-state index in [0.29, 0.717) is 55.7 Å². The van der Waals surface area contributed by atoms with Crippen LogP contribution in [0.4, 0.5) is 10.6 Å². The summed E-state index contributed by atoms with van der Waals surface area (Å²) >= 11 is 0. The second kappa shape index (κ2) is 12.3. The molecule has 1 saturated heterocycles. The van der Waals surface area contributed by atoms with E-state index in [1.165, 1.54) is 11.2 Å². The van der Waals surface area contributed by atoms with Gasteiger partial charge < -0.3 is 29.9 Å². The van der Waals surface area contributed by atoms with Gasteiger partial charge in [-0.15, -0.1) is 10.2 Å². The van der Waals surface area contributed by atoms with Crippen molar-refractivity contribution in [1.29, 1.82) is 0 Å². The fourth-order valence-electron chi connectivity index (χ4n) is 4.47. The van der Waals surface area contributed by atoms with Gasteiger partial charge in [-0.05, 0) is 18.8 Å². The number of nitrogens with zero attached hydrogens (tertiary/aromatic N) is 6. The maximum absolute atomic E-state index is 14.1. The number of H-pyrrole nitrogens is 1. The van der Waals surface area contributed by atoms with E-state index >= 15 is 0 Å². The number of ether oxygens (including phenoxy) is 1. The lowest BCUT2D eigenvalue weighted by Crippen LogP contribution is -2.54. The van der Waals surface area contributed by atoms with Gasteiger partial charge in [0, 0.05) is 57.4 Å². The van der Waals surface area contributed by atoms with Gasteiger partial charge in [0.05, 0.1) is 6.04 Å². The number of nitrogens with one attached hydrogen (secondary N) is 2. The molecule has 3 rings (SSSR count). The predicted molar refractivity (Wildman–Crippen MR) is 139 cm³/mol. The Labute approximate surface area is 218 Å². The number of methoxy groups -OCH3 is 1. The summed E-state index contributed by atoms with van der Waals surface area (Å²) in [4.78, 5) is 41.5. The highest BCUT2D eigenvalue weighted by atomic mass is 16.5. The molecule has 1 aliphatic rings. The van der Waals surface area contributed by atoms with Crippen molar-refractivity contribution < 1.29 is 19.4 Å². The third-order valence-electron chi connectivity index (χ3n) is 6.29. The van der Waals surface area contributed by atoms with Crippen molar-refractivity contribution >= 4 is 17.8 Å². The summed E-state index contributed by atoms with van der Waals surface area (Å²) in [5.41, 5.74) is 0.0763. The molecule has 12 heteroatoms. The van der Waals surface area contributed by atoms with Crippen LogP contribution in [-0.2, 0) is 10.2 Å². The molecule has 2 aromatic rings. The van der Waals surface area contributed by atoms with Crippen molar-refractivity contribution in [3.63, 3.8) is 0 Å². The first-order valence-corrected chi connectivity index (χ1v) is 12.8. The molecule has 1 aliphatic heterocycles. The Balaban J connectivity index is 1.96. The molecule has 37 heavy (non-hydrogen) atoms. The Morgan fingerprint density at radius 3 is 2.68 bits per heavy atom. The van der Waals surface area contributed by atoms with Crippen molar-refractivity contribution in [2.24, 2.45) is 5.92 Å². The molecular weight excluding hydrogens is 476 g/mol. The van der Waals surface area contributed by atoms with E-state index in [9.17, 15) is 14.7 Å². The lowest BCUT2D eigenvalue weighted by molar-refractivity contribution is 0.0467. The van der Waals surface area contributed by atoms with Crippen LogP contribution >= 0.6 is 0 Å². The van der Waals surface area contributed by atoms with E-state index in [2.05, 4.69) is 25.5 Å². The zero-order valence-corrected chi connectivity index (χ0v) is 22.7. The summed E-state index contributed by atoms with van der Waals surface area (Å²) in [7, 11) is 1.65. The third-order valence-corrected chi connectivity index (χ3v) is 6.29. The lowest BCUT2D eigenvalue weighted by atomic mass is 9.91. The number of aromatic amines is 1. The minimum absolute atomic E-state index is 0.167. The van der Waals surface area contributed by atoms with Gasteiger partial charge in [0.15, 0.2) is 0 Å². The van der Waals surface area contributed by atoms with Crippen LogP contribution < -0.4 is 5.32 Å². The average Bonchev–Trinajstić information content (AvgIpc) is 3.39. The first kappa shape index (κ1) is 28.3. The molecule has 2 aromatic heterocycles. The molecule has 0 aliphatic carbocycles. The fourth-order valence-corrected chi connectivity index (χ4v) is 4.47. The van der Waals surface area contributed by atoms with Gasteiger partial charge >= 0.3 is 6.09 Å². The summed E-state index contributed by atoms with van der Waals surface area (Å²) in [6.45, 7) is 12.3. The first-order chi connectivity index (χ1) is 17.5. The Kier molecular flexibility index (Phi) is 9.41. The molecule has 0 radical (unpaired) electrons. The summed E-state index contributed by atoms with van der Waals surface area (Å²) in [6.07, 6.45) is 3.37. The summed E-state index contributed by atoms with van der Waals surface area (Å²) < 4.78 is 5.15. The molecule has 0 saturated carbocycles. The monoisotopic (exact) mass is 516 g/mol. The van der Waals surface area contributed by atoms with E-state index in [1.54, 1.807) is 18.2 Å². The average molecular weight is 517 g/mol. The number of hydrogen-bond donors (Lipinski definition) is 3. The molecule has 3 N–H and O–H groups in total. The molecular formula is C25H40N8O4. The molecule has 1 fully saturated rings. The van der Waals surface area contributed by atoms with Crippen LogP contribution in [0.15, 0.2) is 12.5 Å². The molecule has 0 spiro atoms. The zero-order chi connectivity index (χ0) is 27.2. The predicted octanol–water partition coefficient (Wildman–Crippen LogP) is 2.97. The minimum Gasteiger partial charge on any atom is -0.465 e. The van der Waals surface area contributed by atoms with Crippen LogP contribution in [0.2, 0.25) is 0 Å². The van der Waals surface area contributed by atoms with Crippen LogP contribution in [0.1, 0.15) is 75.4 Å². The number of anilines is 1. The highest BCUT2D eigenvalue weighted by molar-refractivity contribution is 5.98. The topological polar surface area (TPSA) is 149 Å². The molecule has 0 aromatic carbocycles. The fraction of sp³-hybridized carbons (Fsp3) is 0.680. The number of rotatable bonds is 10. The van der Waals surface area contributed by atoms with E-state index in [4.69, 9.17) is 9.72 Å². The maximum Gasteiger partial charge on any atom is 0.407 e. The van der Waals surface area contributed by atoms with Gasteiger partial charge in [-0.3, -0.25) is 4.79 Å². The summed E-state index contributed by atoms with van der Waals surface area (Å²) in [5.74, 6) is 1.47. The van der Waals surface area contributed by atoms with E-state index in [-0.39, 0.29) is 35.7 Å². The number of carboxylic acid groups (broad SMARTS) is 1. The highest BCUT2D eigenvalue weighted by Crippen LogP contribution is 2.30. The normalized spacial score (nSPS) is 18.2. The number of likely N-dealkylation sites (tertiary alicyclic amines) is 1. The van der Waals surface area contributed by atoms with Gasteiger partial charge in [-0.1, -0.05) is 34.6 Å². The van der Waals surface area contributed by atoms with Crippen molar-refractivity contribution in [2.45, 2.75) is 64.8 Å². The number of aromatic nitrogens is 5. The summed E-state index contributed by atoms with van der Waals surface area (Å²) in [6, 6.07) is -0.349. The summed E-state index contributed by atoms with van der Waals surface area (Å²) in [5, 5.41) is 21.1. The number of amides is 2. The lowest BCUT2D eigenvalue weighted by Gasteiger charge is -2.42. The first-order valence-electron chi connectivity index (χ1n) is 12.8. The van der Waals surface area contributed by atoms with Crippen LogP contribution in [-0.4, -0.2) is 98.0 Å². The van der Waals surface area contributed by atoms with Gasteiger partial charge in [0.25, 0.3) is 5.91 Å². The van der Waals surface area contributed by atoms with Crippen LogP contribution in [0, 0.1) is 5.92 Å². The van der Waals surface area contributed by atoms with E-state index < -0.39 is 6.09 Å². The van der Waals surface area contributed by atoms with E-state index in [1.807, 2.05) is 34.6 Å². The molecule has 2 atom stereocenters. The van der Waals surface area contributed by atoms with Crippen molar-refractivity contribution in [1.82, 2.24) is 34.9 Å². The van der Waals surface area contributed by atoms with Gasteiger partial charge in [0.2, 0.25) is 0 Å². The Morgan fingerprint density at radius 1 is 1.32 bits per heavy atom. The second-order valence-corrected chi connectivity index (χ2v) is 11.0. The maximum atomic E-state index is 14.1. The Hall–Kier alpha value is -3.28. The van der Waals surface area contributed by atoms with Gasteiger partial charge in [-0.25, -0.2) is 14.8 Å². The number of piperidine rings is 1. The van der Waals surface area contributed by atoms with Crippen molar-refractivity contribution in [3.8, 4) is 0 Å². The van der Waals surface area contributed by atoms with Crippen molar-refractivity contribution in [2.75, 3.05) is 45.2 Å². The zero-order valence-electron chi connectivity index (χ0n) is 22.7. The van der Waals surface area contributed by atoms with Crippen LogP contribution in [0.25, 0.3) is 0 Å². The van der Waals surface area contributed by atoms with Crippen LogP contribution in [0.3, 0.4) is 0 Å². The van der Waals surface area contributed by atoms with Gasteiger partial charge in [0.1, 0.15) is 29.4 Å².